The van der Waals surface area contributed by atoms with Crippen molar-refractivity contribution in [2.24, 2.45) is 5.92 Å². The van der Waals surface area contributed by atoms with Crippen LogP contribution in [-0.2, 0) is 0 Å². The van der Waals surface area contributed by atoms with Gasteiger partial charge in [0.25, 0.3) is 0 Å². The molecular formula is C17H27NO3. The lowest BCUT2D eigenvalue weighted by Crippen LogP contribution is -2.40. The number of benzene rings is 1. The average Bonchev–Trinajstić information content (AvgIpc) is 2.49. The molecule has 0 amide bonds. The third-order valence-corrected chi connectivity index (χ3v) is 3.93. The molecule has 1 aliphatic heterocycles. The summed E-state index contributed by atoms with van der Waals surface area (Å²) in [4.78, 5) is 2.32. The summed E-state index contributed by atoms with van der Waals surface area (Å²) < 4.78 is 11.2. The van der Waals surface area contributed by atoms with Crippen LogP contribution in [0.5, 0.6) is 11.5 Å². The van der Waals surface area contributed by atoms with Crippen molar-refractivity contribution in [1.82, 2.24) is 4.90 Å². The summed E-state index contributed by atoms with van der Waals surface area (Å²) in [6, 6.07) is 7.59. The van der Waals surface area contributed by atoms with Gasteiger partial charge in [-0.15, -0.1) is 0 Å². The number of ether oxygens (including phenoxy) is 2. The molecular weight excluding hydrogens is 266 g/mol. The van der Waals surface area contributed by atoms with E-state index in [-0.39, 0.29) is 0 Å². The van der Waals surface area contributed by atoms with E-state index in [2.05, 4.69) is 11.8 Å². The summed E-state index contributed by atoms with van der Waals surface area (Å²) in [7, 11) is 0. The van der Waals surface area contributed by atoms with Gasteiger partial charge in [0.1, 0.15) is 12.7 Å². The van der Waals surface area contributed by atoms with Crippen molar-refractivity contribution >= 4 is 0 Å². The first kappa shape index (κ1) is 16.1. The molecule has 1 fully saturated rings. The Bertz CT molecular complexity index is 416. The summed E-state index contributed by atoms with van der Waals surface area (Å²) >= 11 is 0. The Morgan fingerprint density at radius 3 is 2.43 bits per heavy atom. The Labute approximate surface area is 127 Å². The summed E-state index contributed by atoms with van der Waals surface area (Å²) in [5.41, 5.74) is 0. The van der Waals surface area contributed by atoms with Gasteiger partial charge in [-0.2, -0.15) is 0 Å². The van der Waals surface area contributed by atoms with E-state index in [4.69, 9.17) is 9.47 Å². The number of β-amino-alcohol motifs (C(OH)–C–C–N with tert-alkyl or cyclic N) is 1. The Morgan fingerprint density at radius 1 is 1.19 bits per heavy atom. The fourth-order valence-electron chi connectivity index (χ4n) is 2.63. The highest BCUT2D eigenvalue weighted by Gasteiger charge is 2.18. The maximum atomic E-state index is 10.1. The molecule has 0 spiro atoms. The average molecular weight is 293 g/mol. The van der Waals surface area contributed by atoms with Gasteiger partial charge in [0.15, 0.2) is 11.5 Å². The molecule has 0 bridgehead atoms. The first-order valence-electron chi connectivity index (χ1n) is 7.94. The number of aliphatic hydroxyl groups is 1. The quantitative estimate of drug-likeness (QED) is 0.839. The molecule has 1 N–H and O–H groups in total. The van der Waals surface area contributed by atoms with E-state index in [0.717, 1.165) is 24.8 Å². The Morgan fingerprint density at radius 2 is 1.81 bits per heavy atom. The van der Waals surface area contributed by atoms with Crippen molar-refractivity contribution in [3.8, 4) is 11.5 Å². The lowest BCUT2D eigenvalue weighted by Gasteiger charge is -2.31. The molecule has 4 nitrogen and oxygen atoms in total. The molecule has 2 rings (SSSR count). The van der Waals surface area contributed by atoms with Crippen LogP contribution in [0.2, 0.25) is 0 Å². The monoisotopic (exact) mass is 293 g/mol. The summed E-state index contributed by atoms with van der Waals surface area (Å²) in [5, 5.41) is 10.1. The van der Waals surface area contributed by atoms with Crippen molar-refractivity contribution in [3.05, 3.63) is 24.3 Å². The predicted octanol–water partition coefficient (Wildman–Crippen LogP) is 2.56. The topological polar surface area (TPSA) is 41.9 Å². The SMILES string of the molecule is CCOc1ccccc1OCC(O)CN1CCC(C)CC1. The number of rotatable bonds is 7. The molecule has 118 valence electrons. The number of aliphatic hydroxyl groups excluding tert-OH is 1. The molecule has 0 aromatic heterocycles. The lowest BCUT2D eigenvalue weighted by molar-refractivity contribution is 0.0553. The van der Waals surface area contributed by atoms with Crippen molar-refractivity contribution in [1.29, 1.82) is 0 Å². The molecule has 0 radical (unpaired) electrons. The van der Waals surface area contributed by atoms with Crippen LogP contribution in [0.1, 0.15) is 26.7 Å². The van der Waals surface area contributed by atoms with Crippen molar-refractivity contribution in [3.63, 3.8) is 0 Å². The first-order valence-corrected chi connectivity index (χ1v) is 7.94. The molecule has 1 aliphatic rings. The Kier molecular flexibility index (Phi) is 6.33. The maximum absolute atomic E-state index is 10.1. The van der Waals surface area contributed by atoms with Crippen molar-refractivity contribution < 1.29 is 14.6 Å². The van der Waals surface area contributed by atoms with Crippen LogP contribution < -0.4 is 9.47 Å². The standard InChI is InChI=1S/C17H27NO3/c1-3-20-16-6-4-5-7-17(16)21-13-15(19)12-18-10-8-14(2)9-11-18/h4-7,14-15,19H,3,8-13H2,1-2H3. The van der Waals surface area contributed by atoms with Gasteiger partial charge in [-0.05, 0) is 50.9 Å². The number of piperidine rings is 1. The molecule has 1 aromatic carbocycles. The highest BCUT2D eigenvalue weighted by atomic mass is 16.5. The molecule has 1 heterocycles. The van der Waals surface area contributed by atoms with Crippen LogP contribution in [0.3, 0.4) is 0 Å². The lowest BCUT2D eigenvalue weighted by atomic mass is 9.99. The highest BCUT2D eigenvalue weighted by Crippen LogP contribution is 2.26. The second-order valence-corrected chi connectivity index (χ2v) is 5.83. The van der Waals surface area contributed by atoms with Gasteiger partial charge in [0.2, 0.25) is 0 Å². The Balaban J connectivity index is 1.77. The fourth-order valence-corrected chi connectivity index (χ4v) is 2.63. The molecule has 0 saturated carbocycles. The second kappa shape index (κ2) is 8.25. The van der Waals surface area contributed by atoms with Crippen LogP contribution in [-0.4, -0.2) is 49.0 Å². The zero-order chi connectivity index (χ0) is 15.1. The van der Waals surface area contributed by atoms with E-state index in [9.17, 15) is 5.11 Å². The van der Waals surface area contributed by atoms with Crippen LogP contribution in [0.25, 0.3) is 0 Å². The zero-order valence-corrected chi connectivity index (χ0v) is 13.1. The molecule has 4 heteroatoms. The van der Waals surface area contributed by atoms with E-state index in [0.29, 0.717) is 25.5 Å². The van der Waals surface area contributed by atoms with Gasteiger partial charge in [-0.3, -0.25) is 0 Å². The Hall–Kier alpha value is -1.26. The number of likely N-dealkylation sites (tertiary alicyclic amines) is 1. The maximum Gasteiger partial charge on any atom is 0.161 e. The van der Waals surface area contributed by atoms with Gasteiger partial charge in [0, 0.05) is 6.54 Å². The van der Waals surface area contributed by atoms with Crippen LogP contribution in [0, 0.1) is 5.92 Å². The largest absolute Gasteiger partial charge is 0.490 e. The predicted molar refractivity (Wildman–Crippen MR) is 84.0 cm³/mol. The summed E-state index contributed by atoms with van der Waals surface area (Å²) in [6.45, 7) is 7.99. The number of nitrogens with zero attached hydrogens (tertiary/aromatic N) is 1. The van der Waals surface area contributed by atoms with E-state index in [1.54, 1.807) is 0 Å². The normalized spacial score (nSPS) is 18.4. The zero-order valence-electron chi connectivity index (χ0n) is 13.1. The smallest absolute Gasteiger partial charge is 0.161 e. The van der Waals surface area contributed by atoms with Crippen LogP contribution in [0.4, 0.5) is 0 Å². The van der Waals surface area contributed by atoms with Gasteiger partial charge >= 0.3 is 0 Å². The third-order valence-electron chi connectivity index (χ3n) is 3.93. The van der Waals surface area contributed by atoms with Crippen LogP contribution in [0.15, 0.2) is 24.3 Å². The molecule has 0 aliphatic carbocycles. The van der Waals surface area contributed by atoms with Gasteiger partial charge in [0.05, 0.1) is 6.61 Å². The highest BCUT2D eigenvalue weighted by molar-refractivity contribution is 5.39. The van der Waals surface area contributed by atoms with Crippen molar-refractivity contribution in [2.45, 2.75) is 32.8 Å². The van der Waals surface area contributed by atoms with E-state index in [1.807, 2.05) is 31.2 Å². The molecule has 1 unspecified atom stereocenters. The van der Waals surface area contributed by atoms with E-state index >= 15 is 0 Å². The third kappa shape index (κ3) is 5.21. The van der Waals surface area contributed by atoms with E-state index < -0.39 is 6.10 Å². The second-order valence-electron chi connectivity index (χ2n) is 5.83. The number of hydrogen-bond acceptors (Lipinski definition) is 4. The fraction of sp³-hybridized carbons (Fsp3) is 0.647. The minimum absolute atomic E-state index is 0.302. The van der Waals surface area contributed by atoms with Crippen molar-refractivity contribution in [2.75, 3.05) is 32.8 Å². The molecule has 1 saturated heterocycles. The minimum atomic E-state index is -0.465. The summed E-state index contributed by atoms with van der Waals surface area (Å²) in [5.74, 6) is 2.25. The minimum Gasteiger partial charge on any atom is -0.490 e. The molecule has 21 heavy (non-hydrogen) atoms. The first-order chi connectivity index (χ1) is 10.2. The number of hydrogen-bond donors (Lipinski definition) is 1. The van der Waals surface area contributed by atoms with Gasteiger partial charge in [-0.1, -0.05) is 19.1 Å². The summed E-state index contributed by atoms with van der Waals surface area (Å²) in [6.07, 6.45) is 1.98. The van der Waals surface area contributed by atoms with E-state index in [1.165, 1.54) is 12.8 Å². The van der Waals surface area contributed by atoms with Gasteiger partial charge in [-0.25, -0.2) is 0 Å². The molecule has 1 atom stereocenters. The molecule has 1 aromatic rings. The van der Waals surface area contributed by atoms with Crippen LogP contribution >= 0.6 is 0 Å². The number of para-hydroxylation sites is 2. The van der Waals surface area contributed by atoms with Gasteiger partial charge < -0.3 is 19.5 Å².